The third kappa shape index (κ3) is 4.77. The van der Waals surface area contributed by atoms with Gasteiger partial charge in [0.25, 0.3) is 0 Å². The summed E-state index contributed by atoms with van der Waals surface area (Å²) in [6.45, 7) is 7.66. The fourth-order valence-corrected chi connectivity index (χ4v) is 1.65. The molecule has 3 heteroatoms. The molecule has 0 amide bonds. The van der Waals surface area contributed by atoms with Gasteiger partial charge in [-0.2, -0.15) is 5.26 Å². The van der Waals surface area contributed by atoms with Crippen molar-refractivity contribution >= 4 is 0 Å². The number of nitriles is 1. The predicted molar refractivity (Wildman–Crippen MR) is 73.3 cm³/mol. The second-order valence-corrected chi connectivity index (χ2v) is 4.65. The Labute approximate surface area is 110 Å². The van der Waals surface area contributed by atoms with Crippen molar-refractivity contribution in [3.05, 3.63) is 29.8 Å². The van der Waals surface area contributed by atoms with Gasteiger partial charge >= 0.3 is 0 Å². The number of ether oxygens (including phenoxy) is 1. The minimum Gasteiger partial charge on any atom is -0.479 e. The third-order valence-corrected chi connectivity index (χ3v) is 3.35. The lowest BCUT2D eigenvalue weighted by Crippen LogP contribution is -2.31. The highest BCUT2D eigenvalue weighted by Crippen LogP contribution is 2.13. The Morgan fingerprint density at radius 1 is 1.28 bits per heavy atom. The zero-order valence-corrected chi connectivity index (χ0v) is 11.4. The van der Waals surface area contributed by atoms with Crippen LogP contribution in [0.2, 0.25) is 0 Å². The van der Waals surface area contributed by atoms with Gasteiger partial charge in [0.15, 0.2) is 6.61 Å². The number of hydrogen-bond donors (Lipinski definition) is 1. The van der Waals surface area contributed by atoms with Crippen LogP contribution < -0.4 is 10.1 Å². The Kier molecular flexibility index (Phi) is 6.24. The lowest BCUT2D eigenvalue weighted by atomic mass is 10.0. The molecule has 2 atom stereocenters. The van der Waals surface area contributed by atoms with E-state index in [2.05, 4.69) is 26.1 Å². The summed E-state index contributed by atoms with van der Waals surface area (Å²) in [5.41, 5.74) is 1.23. The Morgan fingerprint density at radius 2 is 1.94 bits per heavy atom. The number of hydrogen-bond acceptors (Lipinski definition) is 3. The maximum atomic E-state index is 8.42. The molecule has 1 aromatic carbocycles. The molecule has 0 bridgehead atoms. The molecule has 0 saturated carbocycles. The molecule has 0 saturated heterocycles. The van der Waals surface area contributed by atoms with Crippen molar-refractivity contribution in [2.75, 3.05) is 6.61 Å². The maximum Gasteiger partial charge on any atom is 0.174 e. The van der Waals surface area contributed by atoms with Gasteiger partial charge in [-0.1, -0.05) is 32.4 Å². The fourth-order valence-electron chi connectivity index (χ4n) is 1.65. The van der Waals surface area contributed by atoms with E-state index >= 15 is 0 Å². The van der Waals surface area contributed by atoms with Gasteiger partial charge in [-0.05, 0) is 30.5 Å². The second kappa shape index (κ2) is 7.73. The van der Waals surface area contributed by atoms with E-state index in [0.717, 1.165) is 12.3 Å². The SMILES string of the molecule is CCC(C)C(C)NCc1ccc(OCC#N)cc1. The molecule has 1 aromatic rings. The molecule has 0 aliphatic rings. The standard InChI is InChI=1S/C15H22N2O/c1-4-12(2)13(3)17-11-14-5-7-15(8-6-14)18-10-9-16/h5-8,12-13,17H,4,10-11H2,1-3H3. The van der Waals surface area contributed by atoms with Crippen molar-refractivity contribution in [2.45, 2.75) is 39.8 Å². The molecular weight excluding hydrogens is 224 g/mol. The molecule has 0 aliphatic carbocycles. The van der Waals surface area contributed by atoms with Crippen LogP contribution in [0.3, 0.4) is 0 Å². The van der Waals surface area contributed by atoms with Gasteiger partial charge in [0.05, 0.1) is 0 Å². The summed E-state index contributed by atoms with van der Waals surface area (Å²) in [5, 5.41) is 11.9. The van der Waals surface area contributed by atoms with E-state index in [1.54, 1.807) is 0 Å². The lowest BCUT2D eigenvalue weighted by molar-refractivity contribution is 0.367. The van der Waals surface area contributed by atoms with Gasteiger partial charge in [-0.15, -0.1) is 0 Å². The highest BCUT2D eigenvalue weighted by Gasteiger charge is 2.08. The van der Waals surface area contributed by atoms with Crippen molar-refractivity contribution in [3.8, 4) is 11.8 Å². The van der Waals surface area contributed by atoms with Crippen LogP contribution in [0.15, 0.2) is 24.3 Å². The molecule has 0 fully saturated rings. The van der Waals surface area contributed by atoms with E-state index in [1.165, 1.54) is 12.0 Å². The minimum atomic E-state index is 0.0998. The summed E-state index contributed by atoms with van der Waals surface area (Å²) in [6.07, 6.45) is 1.19. The maximum absolute atomic E-state index is 8.42. The zero-order valence-electron chi connectivity index (χ0n) is 11.4. The molecule has 3 nitrogen and oxygen atoms in total. The van der Waals surface area contributed by atoms with Gasteiger partial charge in [-0.25, -0.2) is 0 Å². The van der Waals surface area contributed by atoms with Gasteiger partial charge in [0, 0.05) is 12.6 Å². The molecule has 18 heavy (non-hydrogen) atoms. The average molecular weight is 246 g/mol. The number of nitrogens with one attached hydrogen (secondary N) is 1. The third-order valence-electron chi connectivity index (χ3n) is 3.35. The fraction of sp³-hybridized carbons (Fsp3) is 0.533. The van der Waals surface area contributed by atoms with Crippen LogP contribution in [0.1, 0.15) is 32.8 Å². The van der Waals surface area contributed by atoms with E-state index in [4.69, 9.17) is 10.00 Å². The zero-order chi connectivity index (χ0) is 13.4. The number of benzene rings is 1. The summed E-state index contributed by atoms with van der Waals surface area (Å²) >= 11 is 0. The lowest BCUT2D eigenvalue weighted by Gasteiger charge is -2.20. The van der Waals surface area contributed by atoms with Crippen molar-refractivity contribution < 1.29 is 4.74 Å². The number of rotatable bonds is 7. The van der Waals surface area contributed by atoms with Crippen molar-refractivity contribution in [3.63, 3.8) is 0 Å². The van der Waals surface area contributed by atoms with Crippen LogP contribution in [0, 0.1) is 17.2 Å². The van der Waals surface area contributed by atoms with Crippen molar-refractivity contribution in [1.29, 1.82) is 5.26 Å². The van der Waals surface area contributed by atoms with Gasteiger partial charge in [-0.3, -0.25) is 0 Å². The molecule has 0 radical (unpaired) electrons. The Morgan fingerprint density at radius 3 is 2.50 bits per heavy atom. The largest absolute Gasteiger partial charge is 0.479 e. The first-order valence-electron chi connectivity index (χ1n) is 6.49. The molecule has 98 valence electrons. The van der Waals surface area contributed by atoms with Gasteiger partial charge in [0.1, 0.15) is 11.8 Å². The second-order valence-electron chi connectivity index (χ2n) is 4.65. The molecular formula is C15H22N2O. The van der Waals surface area contributed by atoms with E-state index in [9.17, 15) is 0 Å². The summed E-state index contributed by atoms with van der Waals surface area (Å²) < 4.78 is 5.21. The first-order chi connectivity index (χ1) is 8.67. The van der Waals surface area contributed by atoms with E-state index in [0.29, 0.717) is 12.0 Å². The summed E-state index contributed by atoms with van der Waals surface area (Å²) in [4.78, 5) is 0. The molecule has 0 aliphatic heterocycles. The topological polar surface area (TPSA) is 45.0 Å². The van der Waals surface area contributed by atoms with Crippen molar-refractivity contribution in [2.24, 2.45) is 5.92 Å². The van der Waals surface area contributed by atoms with Gasteiger partial charge < -0.3 is 10.1 Å². The van der Waals surface area contributed by atoms with Crippen LogP contribution in [-0.2, 0) is 6.54 Å². The van der Waals surface area contributed by atoms with Crippen molar-refractivity contribution in [1.82, 2.24) is 5.32 Å². The first-order valence-corrected chi connectivity index (χ1v) is 6.49. The average Bonchev–Trinajstić information content (AvgIpc) is 2.42. The highest BCUT2D eigenvalue weighted by atomic mass is 16.5. The van der Waals surface area contributed by atoms with Crippen LogP contribution in [0.5, 0.6) is 5.75 Å². The monoisotopic (exact) mass is 246 g/mol. The van der Waals surface area contributed by atoms with E-state index < -0.39 is 0 Å². The molecule has 1 N–H and O–H groups in total. The smallest absolute Gasteiger partial charge is 0.174 e. The normalized spacial score (nSPS) is 13.7. The Bertz CT molecular complexity index is 380. The minimum absolute atomic E-state index is 0.0998. The number of nitrogens with zero attached hydrogens (tertiary/aromatic N) is 1. The Balaban J connectivity index is 2.42. The Hall–Kier alpha value is -1.53. The molecule has 2 unspecified atom stereocenters. The van der Waals surface area contributed by atoms with Gasteiger partial charge in [0.2, 0.25) is 0 Å². The highest BCUT2D eigenvalue weighted by molar-refractivity contribution is 5.27. The predicted octanol–water partition coefficient (Wildman–Crippen LogP) is 3.11. The first kappa shape index (κ1) is 14.5. The van der Waals surface area contributed by atoms with Crippen LogP contribution >= 0.6 is 0 Å². The van der Waals surface area contributed by atoms with E-state index in [-0.39, 0.29) is 6.61 Å². The molecule has 0 heterocycles. The van der Waals surface area contributed by atoms with Crippen LogP contribution in [0.4, 0.5) is 0 Å². The molecule has 0 aromatic heterocycles. The molecule has 0 spiro atoms. The quantitative estimate of drug-likeness (QED) is 0.804. The summed E-state index contributed by atoms with van der Waals surface area (Å²) in [6, 6.07) is 10.3. The summed E-state index contributed by atoms with van der Waals surface area (Å²) in [5.74, 6) is 1.43. The van der Waals surface area contributed by atoms with E-state index in [1.807, 2.05) is 30.3 Å². The van der Waals surface area contributed by atoms with Crippen LogP contribution in [-0.4, -0.2) is 12.6 Å². The summed E-state index contributed by atoms with van der Waals surface area (Å²) in [7, 11) is 0. The molecule has 1 rings (SSSR count). The van der Waals surface area contributed by atoms with Crippen LogP contribution in [0.25, 0.3) is 0 Å².